The van der Waals surface area contributed by atoms with Crippen molar-refractivity contribution in [1.29, 1.82) is 0 Å². The van der Waals surface area contributed by atoms with Crippen LogP contribution in [-0.2, 0) is 28.7 Å². The molecule has 2 unspecified atom stereocenters. The Morgan fingerprint density at radius 1 is 0.833 bits per heavy atom. The predicted molar refractivity (Wildman–Crippen MR) is 50.3 cm³/mol. The van der Waals surface area contributed by atoms with E-state index in [1.54, 1.807) is 0 Å². The maximum absolute atomic E-state index is 11.4. The summed E-state index contributed by atoms with van der Waals surface area (Å²) in [5.74, 6) is -8.28. The van der Waals surface area contributed by atoms with Gasteiger partial charge in [-0.05, 0) is 0 Å². The lowest BCUT2D eigenvalue weighted by Gasteiger charge is -2.23. The lowest BCUT2D eigenvalue weighted by molar-refractivity contribution is -0.310. The highest BCUT2D eigenvalue weighted by Crippen LogP contribution is 2.22. The summed E-state index contributed by atoms with van der Waals surface area (Å²) in [5.41, 5.74) is 0. The number of ether oxygens (including phenoxy) is 2. The van der Waals surface area contributed by atoms with Gasteiger partial charge >= 0.3 is 11.9 Å². The van der Waals surface area contributed by atoms with Gasteiger partial charge < -0.3 is 29.3 Å². The van der Waals surface area contributed by atoms with Crippen molar-refractivity contribution < 1.29 is 38.9 Å². The Labute approximate surface area is 102 Å². The van der Waals surface area contributed by atoms with Crippen LogP contribution in [-0.4, -0.2) is 38.1 Å². The van der Waals surface area contributed by atoms with E-state index in [9.17, 15) is 29.4 Å². The van der Waals surface area contributed by atoms with Crippen LogP contribution in [0.3, 0.4) is 0 Å². The van der Waals surface area contributed by atoms with Crippen LogP contribution in [0.1, 0.15) is 12.8 Å². The topological polar surface area (TPSA) is 133 Å². The number of rotatable bonds is 7. The summed E-state index contributed by atoms with van der Waals surface area (Å²) in [6.45, 7) is 0. The van der Waals surface area contributed by atoms with Gasteiger partial charge in [-0.1, -0.05) is 0 Å². The minimum absolute atomic E-state index is 0.848. The molecule has 0 saturated carbocycles. The van der Waals surface area contributed by atoms with E-state index in [1.807, 2.05) is 0 Å². The second kappa shape index (κ2) is 7.25. The first kappa shape index (κ1) is 15.9. The first-order valence-electron chi connectivity index (χ1n) is 4.88. The number of carbonyl (C=O) groups is 4. The predicted octanol–water partition coefficient (Wildman–Crippen LogP) is -3.16. The fourth-order valence-electron chi connectivity index (χ4n) is 1.44. The SMILES string of the molecule is COC(=O)C(CC(=O)[O-])C(CC(=O)[O-])C(=O)OC. The first-order valence-corrected chi connectivity index (χ1v) is 4.88. The number of aliphatic carboxylic acids is 2. The lowest BCUT2D eigenvalue weighted by Crippen LogP contribution is -2.40. The molecule has 0 aromatic rings. The molecule has 0 rings (SSSR count). The third kappa shape index (κ3) is 4.81. The number of carboxylic acid groups (broad SMARTS) is 2. The van der Waals surface area contributed by atoms with Crippen molar-refractivity contribution in [2.45, 2.75) is 12.8 Å². The molecule has 0 aliphatic carbocycles. The fraction of sp³-hybridized carbons (Fsp3) is 0.600. The van der Waals surface area contributed by atoms with Gasteiger partial charge in [0.1, 0.15) is 0 Å². The summed E-state index contributed by atoms with van der Waals surface area (Å²) in [6, 6.07) is 0. The van der Waals surface area contributed by atoms with Gasteiger partial charge in [0, 0.05) is 24.8 Å². The Kier molecular flexibility index (Phi) is 6.40. The van der Waals surface area contributed by atoms with Crippen LogP contribution in [0.25, 0.3) is 0 Å². The third-order valence-electron chi connectivity index (χ3n) is 2.27. The summed E-state index contributed by atoms with van der Waals surface area (Å²) in [6.07, 6.45) is -1.70. The zero-order valence-corrected chi connectivity index (χ0v) is 9.83. The van der Waals surface area contributed by atoms with E-state index in [-0.39, 0.29) is 0 Å². The normalized spacial score (nSPS) is 13.2. The average Bonchev–Trinajstić information content (AvgIpc) is 2.30. The molecule has 18 heavy (non-hydrogen) atoms. The minimum Gasteiger partial charge on any atom is -0.550 e. The zero-order valence-electron chi connectivity index (χ0n) is 9.83. The summed E-state index contributed by atoms with van der Waals surface area (Å²) >= 11 is 0. The van der Waals surface area contributed by atoms with Gasteiger partial charge in [-0.15, -0.1) is 0 Å². The number of esters is 2. The van der Waals surface area contributed by atoms with E-state index >= 15 is 0 Å². The molecule has 0 aliphatic heterocycles. The van der Waals surface area contributed by atoms with Gasteiger partial charge in [0.15, 0.2) is 0 Å². The van der Waals surface area contributed by atoms with Crippen LogP contribution in [0, 0.1) is 11.8 Å². The van der Waals surface area contributed by atoms with Crippen LogP contribution in [0.4, 0.5) is 0 Å². The van der Waals surface area contributed by atoms with E-state index in [1.165, 1.54) is 0 Å². The van der Waals surface area contributed by atoms with Crippen molar-refractivity contribution in [1.82, 2.24) is 0 Å². The number of carboxylic acids is 2. The van der Waals surface area contributed by atoms with Gasteiger partial charge in [0.25, 0.3) is 0 Å². The zero-order chi connectivity index (χ0) is 14.3. The van der Waals surface area contributed by atoms with Gasteiger partial charge in [0.2, 0.25) is 0 Å². The largest absolute Gasteiger partial charge is 0.550 e. The number of hydrogen-bond donors (Lipinski definition) is 0. The van der Waals surface area contributed by atoms with Crippen molar-refractivity contribution in [3.63, 3.8) is 0 Å². The van der Waals surface area contributed by atoms with Crippen LogP contribution >= 0.6 is 0 Å². The molecule has 0 heterocycles. The fourth-order valence-corrected chi connectivity index (χ4v) is 1.44. The second-order valence-electron chi connectivity index (χ2n) is 3.41. The first-order chi connectivity index (χ1) is 8.33. The van der Waals surface area contributed by atoms with E-state index in [0.29, 0.717) is 0 Å². The molecular formula is C10H12O8-2. The summed E-state index contributed by atoms with van der Waals surface area (Å²) in [7, 11) is 1.97. The molecule has 0 spiro atoms. The monoisotopic (exact) mass is 260 g/mol. The quantitative estimate of drug-likeness (QED) is 0.438. The van der Waals surface area contributed by atoms with Crippen molar-refractivity contribution in [3.05, 3.63) is 0 Å². The van der Waals surface area contributed by atoms with E-state index in [0.717, 1.165) is 14.2 Å². The molecule has 0 aliphatic rings. The molecular weight excluding hydrogens is 248 g/mol. The van der Waals surface area contributed by atoms with E-state index in [2.05, 4.69) is 9.47 Å². The lowest BCUT2D eigenvalue weighted by atomic mass is 9.87. The summed E-state index contributed by atoms with van der Waals surface area (Å²) < 4.78 is 8.64. The van der Waals surface area contributed by atoms with Crippen LogP contribution < -0.4 is 10.2 Å². The van der Waals surface area contributed by atoms with Crippen molar-refractivity contribution in [2.24, 2.45) is 11.8 Å². The highest BCUT2D eigenvalue weighted by molar-refractivity contribution is 5.87. The molecule has 2 atom stereocenters. The third-order valence-corrected chi connectivity index (χ3v) is 2.27. The Morgan fingerprint density at radius 2 is 1.11 bits per heavy atom. The maximum Gasteiger partial charge on any atom is 0.309 e. The Bertz CT molecular complexity index is 314. The number of carbonyl (C=O) groups excluding carboxylic acids is 4. The Balaban J connectivity index is 5.17. The van der Waals surface area contributed by atoms with Crippen molar-refractivity contribution in [2.75, 3.05) is 14.2 Å². The van der Waals surface area contributed by atoms with Gasteiger partial charge in [-0.3, -0.25) is 9.59 Å². The summed E-state index contributed by atoms with van der Waals surface area (Å²) in [5, 5.41) is 21.0. The number of hydrogen-bond acceptors (Lipinski definition) is 8. The molecule has 0 aromatic heterocycles. The minimum atomic E-state index is -1.61. The smallest absolute Gasteiger partial charge is 0.309 e. The molecule has 8 heteroatoms. The van der Waals surface area contributed by atoms with Gasteiger partial charge in [0.05, 0.1) is 26.1 Å². The molecule has 0 aromatic carbocycles. The van der Waals surface area contributed by atoms with E-state index in [4.69, 9.17) is 0 Å². The highest BCUT2D eigenvalue weighted by Gasteiger charge is 2.35. The number of methoxy groups -OCH3 is 2. The van der Waals surface area contributed by atoms with Gasteiger partial charge in [-0.2, -0.15) is 0 Å². The van der Waals surface area contributed by atoms with Gasteiger partial charge in [-0.25, -0.2) is 0 Å². The Hall–Kier alpha value is -2.12. The molecule has 0 bridgehead atoms. The second-order valence-corrected chi connectivity index (χ2v) is 3.41. The van der Waals surface area contributed by atoms with Crippen molar-refractivity contribution in [3.8, 4) is 0 Å². The average molecular weight is 260 g/mol. The molecule has 0 saturated heterocycles. The molecule has 0 N–H and O–H groups in total. The van der Waals surface area contributed by atoms with Crippen LogP contribution in [0.15, 0.2) is 0 Å². The summed E-state index contributed by atoms with van der Waals surface area (Å²) in [4.78, 5) is 43.7. The molecule has 8 nitrogen and oxygen atoms in total. The molecule has 0 amide bonds. The van der Waals surface area contributed by atoms with Crippen molar-refractivity contribution >= 4 is 23.9 Å². The maximum atomic E-state index is 11.4. The van der Waals surface area contributed by atoms with E-state index < -0.39 is 48.6 Å². The molecule has 102 valence electrons. The standard InChI is InChI=1S/C10H14O8/c1-17-9(15)5(3-7(11)12)6(4-8(13)14)10(16)18-2/h5-6H,3-4H2,1-2H3,(H,11,12)(H,13,14)/p-2. The molecule has 0 radical (unpaired) electrons. The molecule has 0 fully saturated rings. The Morgan fingerprint density at radius 3 is 1.28 bits per heavy atom. The highest BCUT2D eigenvalue weighted by atomic mass is 16.5. The van der Waals surface area contributed by atoms with Crippen LogP contribution in [0.2, 0.25) is 0 Å². The van der Waals surface area contributed by atoms with Crippen LogP contribution in [0.5, 0.6) is 0 Å².